The summed E-state index contributed by atoms with van der Waals surface area (Å²) >= 11 is 0. The molecule has 10 heteroatoms. The second kappa shape index (κ2) is 15.9. The number of hydrogen-bond donors (Lipinski definition) is 2. The number of carbonyl (C=O) groups excluding carboxylic acids is 4. The van der Waals surface area contributed by atoms with E-state index in [4.69, 9.17) is 9.47 Å². The Hall–Kier alpha value is -3.50. The van der Waals surface area contributed by atoms with Crippen molar-refractivity contribution in [2.45, 2.75) is 95.6 Å². The summed E-state index contributed by atoms with van der Waals surface area (Å²) in [6.45, 7) is 14.0. The molecule has 3 aliphatic heterocycles. The molecule has 3 fully saturated rings. The van der Waals surface area contributed by atoms with Crippen molar-refractivity contribution in [3.63, 3.8) is 0 Å². The molecule has 1 aromatic rings. The Kier molecular flexibility index (Phi) is 12.2. The van der Waals surface area contributed by atoms with Gasteiger partial charge in [-0.1, -0.05) is 76.1 Å². The zero-order valence-electron chi connectivity index (χ0n) is 27.6. The number of nitrogens with zero attached hydrogens (tertiary/aromatic N) is 2. The lowest BCUT2D eigenvalue weighted by atomic mass is 9.70. The predicted octanol–water partition coefficient (Wildman–Crippen LogP) is 3.95. The van der Waals surface area contributed by atoms with Crippen LogP contribution in [0.5, 0.6) is 0 Å². The van der Waals surface area contributed by atoms with Crippen molar-refractivity contribution >= 4 is 23.7 Å². The van der Waals surface area contributed by atoms with E-state index in [2.05, 4.69) is 25.4 Å². The maximum atomic E-state index is 14.5. The van der Waals surface area contributed by atoms with Gasteiger partial charge in [-0.3, -0.25) is 19.2 Å². The van der Waals surface area contributed by atoms with Crippen LogP contribution in [0.1, 0.15) is 77.4 Å². The molecule has 2 bridgehead atoms. The molecule has 0 radical (unpaired) electrons. The minimum absolute atomic E-state index is 0.0647. The molecule has 0 saturated carbocycles. The standard InChI is InChI=1S/C36H51N3O7/c1-6-9-14-21-38(20-8-3)34(43)32-36-19-18-27(46-36)30(31(36)33(42)39(32)26(23-40)24(4)5)35(44)45-28(25-15-12-11-13-16-25)22-37-29(41)17-10-7-2/h7-8,11-13,15-16,24,26-28,30-32,40H,2-3,6,9-10,14,17-23H2,1,4-5H3,(H,37,41)/t26-,27-,28+,30+,31+,32-,36+/m0/s1. The van der Waals surface area contributed by atoms with Crippen molar-refractivity contribution in [3.05, 3.63) is 61.2 Å². The summed E-state index contributed by atoms with van der Waals surface area (Å²) in [5.41, 5.74) is -0.505. The Morgan fingerprint density at radius 3 is 2.57 bits per heavy atom. The average molecular weight is 638 g/mol. The monoisotopic (exact) mass is 637 g/mol. The Morgan fingerprint density at radius 1 is 1.20 bits per heavy atom. The molecule has 2 N–H and O–H groups in total. The van der Waals surface area contributed by atoms with Crippen LogP contribution in [0.15, 0.2) is 55.6 Å². The average Bonchev–Trinajstić information content (AvgIpc) is 3.69. The topological polar surface area (TPSA) is 125 Å². The van der Waals surface area contributed by atoms with E-state index in [1.165, 1.54) is 4.90 Å². The van der Waals surface area contributed by atoms with Crippen molar-refractivity contribution in [2.75, 3.05) is 26.2 Å². The maximum Gasteiger partial charge on any atom is 0.313 e. The van der Waals surface area contributed by atoms with Crippen LogP contribution in [-0.4, -0.2) is 88.6 Å². The van der Waals surface area contributed by atoms with Crippen LogP contribution in [0.2, 0.25) is 0 Å². The number of esters is 1. The van der Waals surface area contributed by atoms with Gasteiger partial charge in [-0.05, 0) is 37.2 Å². The van der Waals surface area contributed by atoms with Gasteiger partial charge < -0.3 is 29.7 Å². The number of benzene rings is 1. The Bertz CT molecular complexity index is 1250. The molecule has 0 aromatic heterocycles. The highest BCUT2D eigenvalue weighted by Crippen LogP contribution is 2.59. The molecule has 46 heavy (non-hydrogen) atoms. The van der Waals surface area contributed by atoms with Gasteiger partial charge in [-0.25, -0.2) is 0 Å². The van der Waals surface area contributed by atoms with Gasteiger partial charge in [0.05, 0.1) is 37.1 Å². The van der Waals surface area contributed by atoms with E-state index in [9.17, 15) is 24.3 Å². The Morgan fingerprint density at radius 2 is 1.93 bits per heavy atom. The number of nitrogens with one attached hydrogen (secondary N) is 1. The van der Waals surface area contributed by atoms with E-state index in [0.29, 0.717) is 37.9 Å². The van der Waals surface area contributed by atoms with E-state index in [1.54, 1.807) is 17.1 Å². The molecule has 4 rings (SSSR count). The fraction of sp³-hybridized carbons (Fsp3) is 0.611. The van der Waals surface area contributed by atoms with Gasteiger partial charge in [-0.2, -0.15) is 0 Å². The molecule has 10 nitrogen and oxygen atoms in total. The number of allylic oxidation sites excluding steroid dienone is 1. The third-order valence-corrected chi connectivity index (χ3v) is 9.74. The van der Waals surface area contributed by atoms with Crippen LogP contribution in [-0.2, 0) is 28.7 Å². The van der Waals surface area contributed by atoms with E-state index in [0.717, 1.165) is 19.3 Å². The molecule has 3 amide bonds. The number of ether oxygens (including phenoxy) is 2. The van der Waals surface area contributed by atoms with E-state index in [1.807, 2.05) is 44.2 Å². The fourth-order valence-corrected chi connectivity index (χ4v) is 7.43. The maximum absolute atomic E-state index is 14.5. The number of rotatable bonds is 18. The molecule has 7 atom stereocenters. The molecular formula is C36H51N3O7. The number of hydrogen-bond acceptors (Lipinski definition) is 7. The normalized spacial score (nSPS) is 26.0. The molecule has 1 spiro atoms. The van der Waals surface area contributed by atoms with Crippen molar-refractivity contribution in [3.8, 4) is 0 Å². The molecule has 3 saturated heterocycles. The Balaban J connectivity index is 1.66. The Labute approximate surface area is 273 Å². The first kappa shape index (κ1) is 35.4. The van der Waals surface area contributed by atoms with Crippen LogP contribution >= 0.6 is 0 Å². The lowest BCUT2D eigenvalue weighted by Gasteiger charge is -2.40. The van der Waals surface area contributed by atoms with Gasteiger partial charge in [0, 0.05) is 19.5 Å². The molecular weight excluding hydrogens is 586 g/mol. The zero-order chi connectivity index (χ0) is 33.4. The van der Waals surface area contributed by atoms with Gasteiger partial charge in [0.25, 0.3) is 0 Å². The van der Waals surface area contributed by atoms with Crippen molar-refractivity contribution in [1.29, 1.82) is 0 Å². The summed E-state index contributed by atoms with van der Waals surface area (Å²) in [5.74, 6) is -3.40. The van der Waals surface area contributed by atoms with Gasteiger partial charge in [0.15, 0.2) is 0 Å². The number of likely N-dealkylation sites (tertiary alicyclic amines) is 1. The summed E-state index contributed by atoms with van der Waals surface area (Å²) in [4.78, 5) is 58.8. The van der Waals surface area contributed by atoms with Crippen LogP contribution in [0.4, 0.5) is 0 Å². The SMILES string of the molecule is C=CCCC(=O)NC[C@@H](OC(=O)[C@@H]1[C@@H]2CC[C@]3(O2)[C@H](C(=O)N(CC=C)CCCCC)N([C@@H](CO)C(C)C)C(=O)[C@@H]13)c1ccccc1. The first-order valence-electron chi connectivity index (χ1n) is 16.8. The second-order valence-electron chi connectivity index (χ2n) is 13.0. The van der Waals surface area contributed by atoms with Crippen LogP contribution in [0.3, 0.4) is 0 Å². The number of carbonyl (C=O) groups is 4. The number of fused-ring (bicyclic) bond motifs is 1. The van der Waals surface area contributed by atoms with E-state index < -0.39 is 47.7 Å². The number of aliphatic hydroxyl groups is 1. The predicted molar refractivity (Wildman–Crippen MR) is 174 cm³/mol. The van der Waals surface area contributed by atoms with Gasteiger partial charge in [0.2, 0.25) is 17.7 Å². The van der Waals surface area contributed by atoms with Gasteiger partial charge in [-0.15, -0.1) is 13.2 Å². The zero-order valence-corrected chi connectivity index (χ0v) is 27.6. The number of amides is 3. The lowest BCUT2D eigenvalue weighted by molar-refractivity contribution is -0.161. The smallest absolute Gasteiger partial charge is 0.313 e. The van der Waals surface area contributed by atoms with Crippen LogP contribution < -0.4 is 5.32 Å². The summed E-state index contributed by atoms with van der Waals surface area (Å²) in [6.07, 6.45) is 6.47. The highest BCUT2D eigenvalue weighted by molar-refractivity contribution is 5.98. The highest BCUT2D eigenvalue weighted by Gasteiger charge is 2.75. The molecule has 0 aliphatic carbocycles. The molecule has 0 unspecified atom stereocenters. The quantitative estimate of drug-likeness (QED) is 0.142. The number of aliphatic hydroxyl groups excluding tert-OH is 1. The summed E-state index contributed by atoms with van der Waals surface area (Å²) in [5, 5.41) is 13.3. The molecule has 1 aromatic carbocycles. The third kappa shape index (κ3) is 7.08. The molecule has 252 valence electrons. The summed E-state index contributed by atoms with van der Waals surface area (Å²) in [7, 11) is 0. The van der Waals surface area contributed by atoms with Crippen LogP contribution in [0.25, 0.3) is 0 Å². The first-order chi connectivity index (χ1) is 22.1. The van der Waals surface area contributed by atoms with Crippen molar-refractivity contribution < 1.29 is 33.8 Å². The summed E-state index contributed by atoms with van der Waals surface area (Å²) < 4.78 is 12.7. The van der Waals surface area contributed by atoms with Crippen LogP contribution in [0, 0.1) is 17.8 Å². The van der Waals surface area contributed by atoms with Crippen molar-refractivity contribution in [2.24, 2.45) is 17.8 Å². The van der Waals surface area contributed by atoms with E-state index >= 15 is 0 Å². The lowest BCUT2D eigenvalue weighted by Crippen LogP contribution is -2.59. The highest BCUT2D eigenvalue weighted by atomic mass is 16.6. The molecule has 3 heterocycles. The van der Waals surface area contributed by atoms with Gasteiger partial charge >= 0.3 is 5.97 Å². The number of unbranched alkanes of at least 4 members (excludes halogenated alkanes) is 2. The van der Waals surface area contributed by atoms with Gasteiger partial charge in [0.1, 0.15) is 17.7 Å². The largest absolute Gasteiger partial charge is 0.455 e. The minimum atomic E-state index is -1.21. The van der Waals surface area contributed by atoms with E-state index in [-0.39, 0.29) is 43.2 Å². The first-order valence-corrected chi connectivity index (χ1v) is 16.8. The third-order valence-electron chi connectivity index (χ3n) is 9.74. The fourth-order valence-electron chi connectivity index (χ4n) is 7.43. The summed E-state index contributed by atoms with van der Waals surface area (Å²) in [6, 6.07) is 7.54. The minimum Gasteiger partial charge on any atom is -0.455 e. The second-order valence-corrected chi connectivity index (χ2v) is 13.0. The molecule has 3 aliphatic rings. The van der Waals surface area contributed by atoms with Crippen molar-refractivity contribution in [1.82, 2.24) is 15.1 Å².